The number of ether oxygens (including phenoxy) is 1. The highest BCUT2D eigenvalue weighted by atomic mass is 127. The number of nitrogens with zero attached hydrogens (tertiary/aromatic N) is 1. The Hall–Kier alpha value is -1.38. The van der Waals surface area contributed by atoms with Crippen LogP contribution in [-0.4, -0.2) is 31.2 Å². The normalized spacial score (nSPS) is 18.4. The van der Waals surface area contributed by atoms with Gasteiger partial charge in [-0.25, -0.2) is 9.18 Å². The second-order valence-corrected chi connectivity index (χ2v) is 5.31. The van der Waals surface area contributed by atoms with E-state index < -0.39 is 12.2 Å². The number of rotatable bonds is 3. The van der Waals surface area contributed by atoms with Gasteiger partial charge < -0.3 is 10.1 Å². The molecule has 19 heavy (non-hydrogen) atoms. The third kappa shape index (κ3) is 3.34. The summed E-state index contributed by atoms with van der Waals surface area (Å²) in [5.41, 5.74) is 0.452. The monoisotopic (exact) mass is 378 g/mol. The van der Waals surface area contributed by atoms with E-state index in [0.717, 1.165) is 0 Å². The van der Waals surface area contributed by atoms with Gasteiger partial charge in [0.2, 0.25) is 5.91 Å². The number of carbonyl (C=O) groups is 2. The Balaban J connectivity index is 2.07. The summed E-state index contributed by atoms with van der Waals surface area (Å²) in [5.74, 6) is -0.564. The molecule has 7 heteroatoms. The molecule has 1 aliphatic rings. The molecule has 1 N–H and O–H groups in total. The Kier molecular flexibility index (Phi) is 4.23. The Bertz CT molecular complexity index is 524. The van der Waals surface area contributed by atoms with Crippen molar-refractivity contribution in [2.75, 3.05) is 18.0 Å². The zero-order valence-corrected chi connectivity index (χ0v) is 12.3. The highest BCUT2D eigenvalue weighted by Crippen LogP contribution is 2.24. The van der Waals surface area contributed by atoms with Crippen LogP contribution in [0, 0.1) is 9.39 Å². The lowest BCUT2D eigenvalue weighted by atomic mass is 10.2. The maximum absolute atomic E-state index is 13.5. The molecule has 1 heterocycles. The standard InChI is InChI=1S/C12H12FIN2O3/c1-7(17)15-5-9-6-16(12(18)19-9)8-2-3-11(14)10(13)4-8/h2-4,9H,5-6H2,1H3,(H,15,17). The van der Waals surface area contributed by atoms with Crippen molar-refractivity contribution < 1.29 is 18.7 Å². The Morgan fingerprint density at radius 2 is 2.37 bits per heavy atom. The predicted octanol–water partition coefficient (Wildman–Crippen LogP) is 1.89. The summed E-state index contributed by atoms with van der Waals surface area (Å²) in [4.78, 5) is 23.8. The summed E-state index contributed by atoms with van der Waals surface area (Å²) >= 11 is 1.88. The van der Waals surface area contributed by atoms with Crippen molar-refractivity contribution in [3.8, 4) is 0 Å². The molecular weight excluding hydrogens is 366 g/mol. The Labute approximate surface area is 123 Å². The first-order chi connectivity index (χ1) is 8.97. The van der Waals surface area contributed by atoms with Crippen LogP contribution < -0.4 is 10.2 Å². The minimum atomic E-state index is -0.532. The molecular formula is C12H12FIN2O3. The highest BCUT2D eigenvalue weighted by molar-refractivity contribution is 14.1. The summed E-state index contributed by atoms with van der Waals surface area (Å²) in [6.07, 6.45) is -0.949. The third-order valence-corrected chi connectivity index (χ3v) is 3.54. The SMILES string of the molecule is CC(=O)NCC1CN(c2ccc(I)c(F)c2)C(=O)O1. The average molecular weight is 378 g/mol. The summed E-state index contributed by atoms with van der Waals surface area (Å²) in [6.45, 7) is 1.94. The number of amides is 2. The van der Waals surface area contributed by atoms with Crippen LogP contribution in [0.1, 0.15) is 6.92 Å². The quantitative estimate of drug-likeness (QED) is 0.818. The van der Waals surface area contributed by atoms with Crippen LogP contribution in [0.15, 0.2) is 18.2 Å². The van der Waals surface area contributed by atoms with E-state index in [2.05, 4.69) is 5.32 Å². The number of benzene rings is 1. The van der Waals surface area contributed by atoms with Gasteiger partial charge in [-0.3, -0.25) is 9.69 Å². The lowest BCUT2D eigenvalue weighted by molar-refractivity contribution is -0.119. The molecule has 2 amide bonds. The summed E-state index contributed by atoms with van der Waals surface area (Å²) in [6, 6.07) is 4.55. The maximum atomic E-state index is 13.5. The molecule has 0 aromatic heterocycles. The summed E-state index contributed by atoms with van der Waals surface area (Å²) < 4.78 is 19.1. The molecule has 1 aliphatic heterocycles. The molecule has 0 aliphatic carbocycles. The molecule has 102 valence electrons. The minimum absolute atomic E-state index is 0.185. The molecule has 1 saturated heterocycles. The van der Waals surface area contributed by atoms with E-state index >= 15 is 0 Å². The first-order valence-electron chi connectivity index (χ1n) is 5.65. The van der Waals surface area contributed by atoms with E-state index in [1.54, 1.807) is 12.1 Å². The molecule has 0 spiro atoms. The van der Waals surface area contributed by atoms with E-state index in [1.807, 2.05) is 22.6 Å². The molecule has 1 unspecified atom stereocenters. The van der Waals surface area contributed by atoms with Crippen LogP contribution in [-0.2, 0) is 9.53 Å². The van der Waals surface area contributed by atoms with Gasteiger partial charge in [0.25, 0.3) is 0 Å². The predicted molar refractivity (Wildman–Crippen MR) is 75.4 cm³/mol. The topological polar surface area (TPSA) is 58.6 Å². The molecule has 0 radical (unpaired) electrons. The molecule has 0 saturated carbocycles. The first-order valence-corrected chi connectivity index (χ1v) is 6.73. The van der Waals surface area contributed by atoms with Crippen LogP contribution in [0.3, 0.4) is 0 Å². The van der Waals surface area contributed by atoms with Crippen molar-refractivity contribution in [3.63, 3.8) is 0 Å². The van der Waals surface area contributed by atoms with Gasteiger partial charge in [0.15, 0.2) is 0 Å². The van der Waals surface area contributed by atoms with Crippen molar-refractivity contribution in [2.24, 2.45) is 0 Å². The second-order valence-electron chi connectivity index (χ2n) is 4.15. The molecule has 2 rings (SSSR count). The van der Waals surface area contributed by atoms with E-state index in [4.69, 9.17) is 4.74 Å². The molecule has 0 bridgehead atoms. The molecule has 5 nitrogen and oxygen atoms in total. The number of nitrogens with one attached hydrogen (secondary N) is 1. The van der Waals surface area contributed by atoms with Gasteiger partial charge in [-0.1, -0.05) is 0 Å². The van der Waals surface area contributed by atoms with Crippen molar-refractivity contribution in [3.05, 3.63) is 27.6 Å². The number of anilines is 1. The fourth-order valence-corrected chi connectivity index (χ4v) is 2.08. The summed E-state index contributed by atoms with van der Waals surface area (Å²) in [7, 11) is 0. The second kappa shape index (κ2) is 5.72. The molecule has 1 aromatic carbocycles. The number of hydrogen-bond donors (Lipinski definition) is 1. The van der Waals surface area contributed by atoms with Gasteiger partial charge in [0.05, 0.1) is 18.8 Å². The van der Waals surface area contributed by atoms with Gasteiger partial charge in [0, 0.05) is 10.5 Å². The zero-order valence-electron chi connectivity index (χ0n) is 10.2. The minimum Gasteiger partial charge on any atom is -0.442 e. The zero-order chi connectivity index (χ0) is 14.0. The first kappa shape index (κ1) is 14.0. The average Bonchev–Trinajstić information content (AvgIpc) is 2.72. The molecule has 1 aromatic rings. The Morgan fingerprint density at radius 1 is 1.63 bits per heavy atom. The highest BCUT2D eigenvalue weighted by Gasteiger charge is 2.32. The van der Waals surface area contributed by atoms with E-state index in [9.17, 15) is 14.0 Å². The van der Waals surface area contributed by atoms with E-state index in [1.165, 1.54) is 17.9 Å². The fourth-order valence-electron chi connectivity index (χ4n) is 1.75. The number of cyclic esters (lactones) is 1. The van der Waals surface area contributed by atoms with Crippen molar-refractivity contribution in [2.45, 2.75) is 13.0 Å². The van der Waals surface area contributed by atoms with Crippen molar-refractivity contribution in [1.82, 2.24) is 5.32 Å². The van der Waals surface area contributed by atoms with Gasteiger partial charge in [-0.15, -0.1) is 0 Å². The smallest absolute Gasteiger partial charge is 0.414 e. The van der Waals surface area contributed by atoms with Crippen LogP contribution in [0.4, 0.5) is 14.9 Å². The number of halogens is 2. The van der Waals surface area contributed by atoms with Crippen LogP contribution in [0.25, 0.3) is 0 Å². The lowest BCUT2D eigenvalue weighted by Crippen LogP contribution is -2.33. The molecule has 1 fully saturated rings. The van der Waals surface area contributed by atoms with Crippen molar-refractivity contribution >= 4 is 40.3 Å². The fraction of sp³-hybridized carbons (Fsp3) is 0.333. The lowest BCUT2D eigenvalue weighted by Gasteiger charge is -2.13. The number of carbonyl (C=O) groups excluding carboxylic acids is 2. The maximum Gasteiger partial charge on any atom is 0.414 e. The largest absolute Gasteiger partial charge is 0.442 e. The van der Waals surface area contributed by atoms with Gasteiger partial charge in [-0.2, -0.15) is 0 Å². The number of hydrogen-bond acceptors (Lipinski definition) is 3. The van der Waals surface area contributed by atoms with Gasteiger partial charge in [0.1, 0.15) is 11.9 Å². The van der Waals surface area contributed by atoms with E-state index in [0.29, 0.717) is 15.8 Å². The van der Waals surface area contributed by atoms with Crippen LogP contribution in [0.2, 0.25) is 0 Å². The summed E-state index contributed by atoms with van der Waals surface area (Å²) in [5, 5.41) is 2.58. The molecule has 1 atom stereocenters. The van der Waals surface area contributed by atoms with Gasteiger partial charge >= 0.3 is 6.09 Å². The van der Waals surface area contributed by atoms with Crippen LogP contribution in [0.5, 0.6) is 0 Å². The van der Waals surface area contributed by atoms with Gasteiger partial charge in [-0.05, 0) is 40.8 Å². The van der Waals surface area contributed by atoms with Crippen LogP contribution >= 0.6 is 22.6 Å². The van der Waals surface area contributed by atoms with E-state index in [-0.39, 0.29) is 18.3 Å². The third-order valence-electron chi connectivity index (χ3n) is 2.67. The Morgan fingerprint density at radius 3 is 3.00 bits per heavy atom. The van der Waals surface area contributed by atoms with Crippen molar-refractivity contribution in [1.29, 1.82) is 0 Å².